The number of aliphatic hydroxyl groups is 1. The number of anilines is 1. The van der Waals surface area contributed by atoms with E-state index < -0.39 is 124 Å². The first-order chi connectivity index (χ1) is 45.8. The van der Waals surface area contributed by atoms with Crippen LogP contribution in [0.1, 0.15) is 78.8 Å². The normalized spacial score (nSPS) is 25.1. The molecule has 3 saturated heterocycles. The zero-order valence-electron chi connectivity index (χ0n) is 50.5. The van der Waals surface area contributed by atoms with E-state index in [1.165, 1.54) is 32.7 Å². The molecule has 3 fully saturated rings. The molecule has 2 unspecified atom stereocenters. The highest BCUT2D eigenvalue weighted by Crippen LogP contribution is 2.55. The van der Waals surface area contributed by atoms with Gasteiger partial charge in [-0.2, -0.15) is 0 Å². The lowest BCUT2D eigenvalue weighted by atomic mass is 9.93. The molecule has 3 aromatic carbocycles. The van der Waals surface area contributed by atoms with Crippen molar-refractivity contribution in [2.24, 2.45) is 5.92 Å². The third-order valence-corrected chi connectivity index (χ3v) is 20.8. The molecule has 7 aromatic rings. The van der Waals surface area contributed by atoms with Crippen molar-refractivity contribution in [1.29, 1.82) is 0 Å². The third kappa shape index (κ3) is 15.7. The van der Waals surface area contributed by atoms with Crippen LogP contribution in [0.3, 0.4) is 0 Å². The Balaban J connectivity index is 0.617. The molecular formula is C62H64FN11O16P2S3. The topological polar surface area (TPSA) is 341 Å². The molecule has 0 radical (unpaired) electrons. The van der Waals surface area contributed by atoms with Gasteiger partial charge in [0.15, 0.2) is 35.6 Å². The van der Waals surface area contributed by atoms with Crippen LogP contribution in [0.25, 0.3) is 22.2 Å². The van der Waals surface area contributed by atoms with Gasteiger partial charge in [0.2, 0.25) is 23.6 Å². The Labute approximate surface area is 556 Å². The number of rotatable bonds is 20. The molecule has 0 saturated carbocycles. The number of hydrogen-bond donors (Lipinski definition) is 6. The number of imidazole rings is 1. The molecule has 11 atom stereocenters. The highest BCUT2D eigenvalue weighted by atomic mass is 32.5. The summed E-state index contributed by atoms with van der Waals surface area (Å²) in [5.74, 6) is 3.37. The molecule has 95 heavy (non-hydrogen) atoms. The minimum atomic E-state index is -4.41. The maximum absolute atomic E-state index is 16.7. The summed E-state index contributed by atoms with van der Waals surface area (Å²) < 4.78 is 56.2. The van der Waals surface area contributed by atoms with E-state index in [0.717, 1.165) is 44.8 Å². The van der Waals surface area contributed by atoms with E-state index in [4.69, 9.17) is 51.2 Å². The number of aromatic nitrogens is 7. The first kappa shape index (κ1) is 67.6. The van der Waals surface area contributed by atoms with Crippen LogP contribution in [0.15, 0.2) is 114 Å². The second kappa shape index (κ2) is 29.5. The first-order valence-electron chi connectivity index (χ1n) is 30.5. The lowest BCUT2D eigenvalue weighted by Gasteiger charge is -2.27. The van der Waals surface area contributed by atoms with Crippen molar-refractivity contribution >= 4 is 112 Å². The smallest absolute Gasteiger partial charge is 0.325 e. The van der Waals surface area contributed by atoms with Gasteiger partial charge < -0.3 is 58.8 Å². The molecule has 27 nitrogen and oxygen atoms in total. The van der Waals surface area contributed by atoms with Gasteiger partial charge in [0.1, 0.15) is 59.6 Å². The fourth-order valence-electron chi connectivity index (χ4n) is 11.9. The maximum Gasteiger partial charge on any atom is 0.325 e. The van der Waals surface area contributed by atoms with Gasteiger partial charge in [-0.3, -0.25) is 51.7 Å². The number of benzene rings is 3. The summed E-state index contributed by atoms with van der Waals surface area (Å²) >= 11 is 12.3. The number of ketones is 2. The Morgan fingerprint density at radius 3 is 2.26 bits per heavy atom. The number of fused-ring (bicyclic) bond motifs is 6. The Kier molecular flexibility index (Phi) is 21.0. The van der Waals surface area contributed by atoms with Crippen molar-refractivity contribution < 1.29 is 75.6 Å². The number of amides is 4. The van der Waals surface area contributed by atoms with E-state index in [1.54, 1.807) is 53.2 Å². The highest BCUT2D eigenvalue weighted by molar-refractivity contribution is 8.07. The average Bonchev–Trinajstić information content (AvgIpc) is 1.63. The zero-order chi connectivity index (χ0) is 66.5. The molecule has 5 aliphatic rings. The van der Waals surface area contributed by atoms with Gasteiger partial charge in [0, 0.05) is 68.4 Å². The fraction of sp³-hybridized carbons (Fsp3) is 0.403. The summed E-state index contributed by atoms with van der Waals surface area (Å²) in [4.78, 5) is 136. The van der Waals surface area contributed by atoms with Gasteiger partial charge in [-0.15, -0.1) is 11.8 Å². The monoisotopic (exact) mass is 1400 g/mol. The van der Waals surface area contributed by atoms with E-state index in [0.29, 0.717) is 23.3 Å². The Bertz CT molecular complexity index is 4340. The van der Waals surface area contributed by atoms with Crippen LogP contribution in [0.5, 0.6) is 0 Å². The van der Waals surface area contributed by atoms with Crippen LogP contribution in [0.2, 0.25) is 0 Å². The summed E-state index contributed by atoms with van der Waals surface area (Å²) in [6.45, 7) is -10.9. The van der Waals surface area contributed by atoms with Gasteiger partial charge in [-0.1, -0.05) is 72.5 Å². The van der Waals surface area contributed by atoms with E-state index in [-0.39, 0.29) is 81.0 Å². The molecule has 6 N–H and O–H groups in total. The molecule has 9 heterocycles. The van der Waals surface area contributed by atoms with Crippen LogP contribution in [0, 0.1) is 17.8 Å². The summed E-state index contributed by atoms with van der Waals surface area (Å²) in [5.41, 5.74) is 4.15. The van der Waals surface area contributed by atoms with Gasteiger partial charge in [-0.25, -0.2) is 24.3 Å². The quantitative estimate of drug-likeness (QED) is 0.0356. The number of aliphatic hydroxyl groups excluding tert-OH is 1. The van der Waals surface area contributed by atoms with Crippen LogP contribution in [-0.2, 0) is 106 Å². The number of alkyl halides is 1. The minimum Gasteiger partial charge on any atom is -0.387 e. The number of nitrogens with one attached hydrogen (secondary N) is 3. The number of halogens is 1. The molecule has 498 valence electrons. The van der Waals surface area contributed by atoms with E-state index in [9.17, 15) is 48.5 Å². The molecule has 5 aliphatic heterocycles. The Hall–Kier alpha value is -7.37. The van der Waals surface area contributed by atoms with Crippen LogP contribution >= 0.6 is 25.2 Å². The molecule has 33 heteroatoms. The second-order valence-electron chi connectivity index (χ2n) is 23.1. The van der Waals surface area contributed by atoms with Gasteiger partial charge >= 0.3 is 13.4 Å². The maximum atomic E-state index is 16.7. The molecule has 4 amide bonds. The summed E-state index contributed by atoms with van der Waals surface area (Å²) in [6, 6.07) is 23.8. The summed E-state index contributed by atoms with van der Waals surface area (Å²) in [7, 11) is 0. The van der Waals surface area contributed by atoms with Crippen LogP contribution < -0.4 is 26.4 Å². The number of hydrogen-bond acceptors (Lipinski definition) is 21. The third-order valence-electron chi connectivity index (χ3n) is 16.6. The van der Waals surface area contributed by atoms with Crippen molar-refractivity contribution in [2.45, 2.75) is 119 Å². The molecule has 0 spiro atoms. The predicted molar refractivity (Wildman–Crippen MR) is 348 cm³/mol. The number of thioether (sulfide) groups is 1. The van der Waals surface area contributed by atoms with Crippen molar-refractivity contribution in [3.63, 3.8) is 0 Å². The van der Waals surface area contributed by atoms with Crippen molar-refractivity contribution in [2.75, 3.05) is 43.5 Å². The lowest BCUT2D eigenvalue weighted by molar-refractivity contribution is -0.131. The minimum absolute atomic E-state index is 0.0619. The van der Waals surface area contributed by atoms with E-state index in [1.807, 2.05) is 48.5 Å². The number of para-hydroxylation sites is 1. The van der Waals surface area contributed by atoms with Crippen molar-refractivity contribution in [3.05, 3.63) is 142 Å². The lowest BCUT2D eigenvalue weighted by Crippen LogP contribution is -2.42. The van der Waals surface area contributed by atoms with Crippen LogP contribution in [-0.4, -0.2) is 159 Å². The molecular weight excluding hydrogens is 1330 g/mol. The number of Topliss-reactive ketones (excluding diaryl/α,β-unsaturated/α-hetero) is 2. The van der Waals surface area contributed by atoms with Gasteiger partial charge in [0.25, 0.3) is 5.56 Å². The molecule has 4 aromatic heterocycles. The molecule has 2 bridgehead atoms. The Morgan fingerprint density at radius 1 is 0.737 bits per heavy atom. The van der Waals surface area contributed by atoms with E-state index in [2.05, 4.69) is 47.7 Å². The number of ether oxygens (including phenoxy) is 2. The van der Waals surface area contributed by atoms with Crippen LogP contribution in [0.4, 0.5) is 10.1 Å². The number of nitrogens with zero attached hydrogens (tertiary/aromatic N) is 8. The first-order valence-corrected chi connectivity index (χ1v) is 36.6. The van der Waals surface area contributed by atoms with Gasteiger partial charge in [-0.05, 0) is 83.5 Å². The SMILES string of the molecule is O=C(CCC(=O)NCC(=O)C[C@@H](Cc1ccccc1)C(=O)NCC(=O)NCCn1cnc2c(ncn2[C@@H]2O[C@@H]3COP(O)(=S)O[C@H]4[C@@H](F)[C@H](n5cc6c7c(ncnc75)SCCC6)O[C@@H]4COP(O)(=S)O[C@@H]2[C@@H]3O)c1=O)CCC(=O)N1Cc2ccccc2C#Cc2ccccc21. The Morgan fingerprint density at radius 2 is 1.45 bits per heavy atom. The molecule has 12 rings (SSSR count). The fourth-order valence-corrected chi connectivity index (χ4v) is 15.7. The predicted octanol–water partition coefficient (Wildman–Crippen LogP) is 4.06. The number of carbonyl (C=O) groups is 6. The summed E-state index contributed by atoms with van der Waals surface area (Å²) in [6.07, 6.45) is -6.03. The number of carbonyl (C=O) groups excluding carboxylic acids is 6. The standard InChI is InChI=1S/C62H64FN11O16P2S3/c63-51-54-46(88-61(51)73-30-40-14-8-24-95-59-50(40)56(73)67-33-68-59)32-86-92(84,94)90-55-53(80)45(31-85-91(83,93)89-54)87-62(55)74-35-69-52-57(74)70-34-71(60(52)82)23-22-64-48(78)28-66-58(81)41(25-36-9-2-1-3-10-36)26-43(76)27-65-47(77)20-18-42(75)19-21-49(79)72-29-39-13-5-4-11-37(39)16-17-38-12-6-7-15-44(38)72/h1-7,9-13,15,30,33-35,41,45-46,51,53-55,61-62,80H,8,14,18-29,31-32H2,(H,64,78)(H,65,77)(H,66,81)(H,83,93)(H,84,94)/t41-,45-,46-,51-,53-,54-,55-,61-,62-,91?,92?/m1/s1. The summed E-state index contributed by atoms with van der Waals surface area (Å²) in [5, 5.41) is 20.9. The molecule has 0 aliphatic carbocycles. The number of aryl methyl sites for hydroxylation is 1. The highest BCUT2D eigenvalue weighted by Gasteiger charge is 2.53. The zero-order valence-corrected chi connectivity index (χ0v) is 54.8. The van der Waals surface area contributed by atoms with E-state index >= 15 is 4.39 Å². The van der Waals surface area contributed by atoms with Crippen molar-refractivity contribution in [3.8, 4) is 11.8 Å². The second-order valence-corrected chi connectivity index (χ2v) is 29.8. The largest absolute Gasteiger partial charge is 0.387 e. The van der Waals surface area contributed by atoms with Gasteiger partial charge in [0.05, 0.1) is 50.2 Å². The average molecular weight is 1400 g/mol. The van der Waals surface area contributed by atoms with Crippen molar-refractivity contribution in [1.82, 2.24) is 49.6 Å².